The van der Waals surface area contributed by atoms with E-state index in [0.29, 0.717) is 18.6 Å². The molecule has 7 heteroatoms. The molecule has 0 aliphatic carbocycles. The summed E-state index contributed by atoms with van der Waals surface area (Å²) >= 11 is 5.98. The standard InChI is InChI=1S/C17H17ClFNO4/c1-3-8-23-17(22)10(2)24-14-5-4-11(9-13(14)21)15-12(18)6-7-20-16(15)19/h4-7,9-10,21H,3,8H2,1-2H3. The molecule has 0 aliphatic rings. The van der Waals surface area contributed by atoms with Gasteiger partial charge in [-0.3, -0.25) is 0 Å². The zero-order valence-corrected chi connectivity index (χ0v) is 14.0. The Labute approximate surface area is 144 Å². The van der Waals surface area contributed by atoms with Crippen molar-refractivity contribution in [3.05, 3.63) is 41.4 Å². The van der Waals surface area contributed by atoms with Gasteiger partial charge in [0.15, 0.2) is 17.6 Å². The summed E-state index contributed by atoms with van der Waals surface area (Å²) in [4.78, 5) is 15.2. The van der Waals surface area contributed by atoms with Crippen molar-refractivity contribution in [2.45, 2.75) is 26.4 Å². The fourth-order valence-electron chi connectivity index (χ4n) is 2.00. The molecule has 0 aliphatic heterocycles. The number of hydrogen-bond donors (Lipinski definition) is 1. The molecule has 0 bridgehead atoms. The van der Waals surface area contributed by atoms with Crippen LogP contribution in [0, 0.1) is 5.95 Å². The Hall–Kier alpha value is -2.34. The topological polar surface area (TPSA) is 68.7 Å². The highest BCUT2D eigenvalue weighted by Gasteiger charge is 2.19. The number of aromatic nitrogens is 1. The molecule has 1 aromatic heterocycles. The third-order valence-electron chi connectivity index (χ3n) is 3.19. The minimum absolute atomic E-state index is 0.0800. The smallest absolute Gasteiger partial charge is 0.347 e. The molecule has 1 unspecified atom stereocenters. The molecule has 1 N–H and O–H groups in total. The molecule has 1 aromatic carbocycles. The van der Waals surface area contributed by atoms with Crippen LogP contribution in [0.1, 0.15) is 20.3 Å². The molecule has 128 valence electrons. The molecule has 2 aromatic rings. The number of benzene rings is 1. The largest absolute Gasteiger partial charge is 0.504 e. The van der Waals surface area contributed by atoms with E-state index in [1.54, 1.807) is 0 Å². The van der Waals surface area contributed by atoms with Gasteiger partial charge in [-0.2, -0.15) is 4.39 Å². The van der Waals surface area contributed by atoms with Crippen LogP contribution in [0.2, 0.25) is 5.02 Å². The number of carbonyl (C=O) groups is 1. The summed E-state index contributed by atoms with van der Waals surface area (Å²) in [6.45, 7) is 3.70. The van der Waals surface area contributed by atoms with Gasteiger partial charge in [-0.1, -0.05) is 24.6 Å². The second-order valence-corrected chi connectivity index (χ2v) is 5.48. The van der Waals surface area contributed by atoms with Gasteiger partial charge in [0.2, 0.25) is 5.95 Å². The zero-order chi connectivity index (χ0) is 17.7. The minimum atomic E-state index is -0.882. The van der Waals surface area contributed by atoms with Gasteiger partial charge in [-0.05, 0) is 37.1 Å². The molecule has 0 saturated carbocycles. The van der Waals surface area contributed by atoms with E-state index in [2.05, 4.69) is 4.98 Å². The molecular weight excluding hydrogens is 337 g/mol. The van der Waals surface area contributed by atoms with E-state index in [1.165, 1.54) is 37.4 Å². The van der Waals surface area contributed by atoms with Crippen molar-refractivity contribution in [1.29, 1.82) is 0 Å². The Morgan fingerprint density at radius 3 is 2.79 bits per heavy atom. The zero-order valence-electron chi connectivity index (χ0n) is 13.3. The Morgan fingerprint density at radius 1 is 1.42 bits per heavy atom. The van der Waals surface area contributed by atoms with E-state index >= 15 is 0 Å². The number of rotatable bonds is 6. The summed E-state index contributed by atoms with van der Waals surface area (Å²) < 4.78 is 24.2. The van der Waals surface area contributed by atoms with Crippen molar-refractivity contribution in [3.63, 3.8) is 0 Å². The molecule has 5 nitrogen and oxygen atoms in total. The molecule has 0 spiro atoms. The van der Waals surface area contributed by atoms with Crippen LogP contribution in [0.4, 0.5) is 4.39 Å². The Kier molecular flexibility index (Phi) is 5.98. The molecule has 0 fully saturated rings. The van der Waals surface area contributed by atoms with Crippen LogP contribution in [0.15, 0.2) is 30.5 Å². The first-order chi connectivity index (χ1) is 11.4. The quantitative estimate of drug-likeness (QED) is 0.628. The third kappa shape index (κ3) is 4.14. The average Bonchev–Trinajstić information content (AvgIpc) is 2.54. The highest BCUT2D eigenvalue weighted by molar-refractivity contribution is 6.33. The van der Waals surface area contributed by atoms with Gasteiger partial charge in [-0.25, -0.2) is 9.78 Å². The number of phenolic OH excluding ortho intramolecular Hbond substituents is 1. The van der Waals surface area contributed by atoms with E-state index in [0.717, 1.165) is 0 Å². The Morgan fingerprint density at radius 2 is 2.17 bits per heavy atom. The fourth-order valence-corrected chi connectivity index (χ4v) is 2.25. The second-order valence-electron chi connectivity index (χ2n) is 5.07. The van der Waals surface area contributed by atoms with E-state index in [1.807, 2.05) is 6.92 Å². The van der Waals surface area contributed by atoms with Crippen molar-refractivity contribution in [3.8, 4) is 22.6 Å². The predicted molar refractivity (Wildman–Crippen MR) is 87.6 cm³/mol. The van der Waals surface area contributed by atoms with E-state index in [9.17, 15) is 14.3 Å². The van der Waals surface area contributed by atoms with E-state index < -0.39 is 18.0 Å². The monoisotopic (exact) mass is 353 g/mol. The number of hydrogen-bond acceptors (Lipinski definition) is 5. The number of pyridine rings is 1. The number of ether oxygens (including phenoxy) is 2. The van der Waals surface area contributed by atoms with Crippen molar-refractivity contribution < 1.29 is 23.8 Å². The van der Waals surface area contributed by atoms with Crippen molar-refractivity contribution in [2.75, 3.05) is 6.61 Å². The lowest BCUT2D eigenvalue weighted by Crippen LogP contribution is -2.26. The van der Waals surface area contributed by atoms with Gasteiger partial charge in [0.1, 0.15) is 0 Å². The maximum absolute atomic E-state index is 13.8. The number of nitrogens with zero attached hydrogens (tertiary/aromatic N) is 1. The van der Waals surface area contributed by atoms with Crippen LogP contribution < -0.4 is 4.74 Å². The van der Waals surface area contributed by atoms with Crippen LogP contribution in [0.3, 0.4) is 0 Å². The van der Waals surface area contributed by atoms with Gasteiger partial charge in [-0.15, -0.1) is 0 Å². The van der Waals surface area contributed by atoms with Crippen molar-refractivity contribution >= 4 is 17.6 Å². The summed E-state index contributed by atoms with van der Waals surface area (Å²) in [5.74, 6) is -1.43. The van der Waals surface area contributed by atoms with Crippen LogP contribution in [-0.2, 0) is 9.53 Å². The van der Waals surface area contributed by atoms with Crippen LogP contribution in [0.5, 0.6) is 11.5 Å². The minimum Gasteiger partial charge on any atom is -0.504 e. The maximum atomic E-state index is 13.8. The highest BCUT2D eigenvalue weighted by Crippen LogP contribution is 2.35. The first kappa shape index (κ1) is 18.0. The molecule has 0 amide bonds. The van der Waals surface area contributed by atoms with E-state index in [-0.39, 0.29) is 22.1 Å². The first-order valence-corrected chi connectivity index (χ1v) is 7.78. The second kappa shape index (κ2) is 7.97. The lowest BCUT2D eigenvalue weighted by molar-refractivity contribution is -0.151. The fraction of sp³-hybridized carbons (Fsp3) is 0.294. The SMILES string of the molecule is CCCOC(=O)C(C)Oc1ccc(-c2c(Cl)ccnc2F)cc1O. The number of halogens is 2. The predicted octanol–water partition coefficient (Wildman–Crippen LogP) is 3.97. The molecule has 1 heterocycles. The van der Waals surface area contributed by atoms with Crippen molar-refractivity contribution in [2.24, 2.45) is 0 Å². The van der Waals surface area contributed by atoms with Crippen LogP contribution in [-0.4, -0.2) is 28.8 Å². The van der Waals surface area contributed by atoms with Gasteiger partial charge in [0.25, 0.3) is 0 Å². The van der Waals surface area contributed by atoms with Gasteiger partial charge in [0.05, 0.1) is 17.2 Å². The first-order valence-electron chi connectivity index (χ1n) is 7.40. The Bertz CT molecular complexity index is 718. The number of phenols is 1. The summed E-state index contributed by atoms with van der Waals surface area (Å²) in [6, 6.07) is 5.70. The Balaban J connectivity index is 2.20. The third-order valence-corrected chi connectivity index (χ3v) is 3.50. The van der Waals surface area contributed by atoms with Crippen LogP contribution in [0.25, 0.3) is 11.1 Å². The van der Waals surface area contributed by atoms with Gasteiger partial charge >= 0.3 is 5.97 Å². The van der Waals surface area contributed by atoms with Gasteiger partial charge < -0.3 is 14.6 Å². The summed E-state index contributed by atoms with van der Waals surface area (Å²) in [5, 5.41) is 10.3. The normalized spacial score (nSPS) is 11.8. The summed E-state index contributed by atoms with van der Waals surface area (Å²) in [6.07, 6.45) is 1.07. The summed E-state index contributed by atoms with van der Waals surface area (Å²) in [5.41, 5.74) is 0.424. The highest BCUT2D eigenvalue weighted by atomic mass is 35.5. The number of esters is 1. The molecule has 0 radical (unpaired) electrons. The average molecular weight is 354 g/mol. The van der Waals surface area contributed by atoms with E-state index in [4.69, 9.17) is 21.1 Å². The molecule has 24 heavy (non-hydrogen) atoms. The van der Waals surface area contributed by atoms with Gasteiger partial charge in [0, 0.05) is 6.20 Å². The number of carbonyl (C=O) groups excluding carboxylic acids is 1. The number of aromatic hydroxyl groups is 1. The summed E-state index contributed by atoms with van der Waals surface area (Å²) in [7, 11) is 0. The van der Waals surface area contributed by atoms with Crippen molar-refractivity contribution in [1.82, 2.24) is 4.98 Å². The molecule has 0 saturated heterocycles. The molecule has 2 rings (SSSR count). The lowest BCUT2D eigenvalue weighted by atomic mass is 10.1. The molecule has 1 atom stereocenters. The molecular formula is C17H17ClFNO4. The van der Waals surface area contributed by atoms with Crippen LogP contribution >= 0.6 is 11.6 Å². The lowest BCUT2D eigenvalue weighted by Gasteiger charge is -2.15. The maximum Gasteiger partial charge on any atom is 0.347 e.